The molecule has 1 N–H and O–H groups in total. The molecule has 0 saturated heterocycles. The first-order valence-electron chi connectivity index (χ1n) is 12.5. The molecule has 2 aromatic rings. The summed E-state index contributed by atoms with van der Waals surface area (Å²) in [7, 11) is -3.73. The second-order valence-corrected chi connectivity index (χ2v) is 12.6. The van der Waals surface area contributed by atoms with Crippen LogP contribution in [0.15, 0.2) is 48.5 Å². The minimum Gasteiger partial charge on any atom is -0.352 e. The van der Waals surface area contributed by atoms with Gasteiger partial charge in [-0.25, -0.2) is 8.42 Å². The first kappa shape index (κ1) is 28.4. The van der Waals surface area contributed by atoms with Gasteiger partial charge in [-0.3, -0.25) is 13.9 Å². The van der Waals surface area contributed by atoms with E-state index in [1.165, 1.54) is 6.42 Å². The van der Waals surface area contributed by atoms with Crippen LogP contribution in [0.25, 0.3) is 0 Å². The zero-order valence-corrected chi connectivity index (χ0v) is 24.2. The topological polar surface area (TPSA) is 86.8 Å². The number of halogens is 1. The van der Waals surface area contributed by atoms with Crippen molar-refractivity contribution in [2.75, 3.05) is 17.1 Å². The number of sulfonamides is 1. The van der Waals surface area contributed by atoms with E-state index in [0.29, 0.717) is 12.1 Å². The van der Waals surface area contributed by atoms with Crippen molar-refractivity contribution in [3.63, 3.8) is 0 Å². The van der Waals surface area contributed by atoms with Crippen molar-refractivity contribution in [3.8, 4) is 0 Å². The second-order valence-electron chi connectivity index (χ2n) is 9.46. The molecule has 0 aliphatic heterocycles. The molecule has 1 aliphatic rings. The van der Waals surface area contributed by atoms with Crippen LogP contribution >= 0.6 is 22.6 Å². The smallest absolute Gasteiger partial charge is 0.244 e. The molecular formula is C27H36IN3O4S. The number of hydrogen-bond donors (Lipinski definition) is 1. The molecule has 0 heterocycles. The maximum absolute atomic E-state index is 13.8. The first-order chi connectivity index (χ1) is 17.1. The van der Waals surface area contributed by atoms with Gasteiger partial charge in [0.25, 0.3) is 0 Å². The molecule has 0 bridgehead atoms. The zero-order chi connectivity index (χ0) is 26.3. The lowest BCUT2D eigenvalue weighted by atomic mass is 9.95. The highest BCUT2D eigenvalue weighted by Gasteiger charge is 2.33. The van der Waals surface area contributed by atoms with Gasteiger partial charge in [0.1, 0.15) is 12.6 Å². The van der Waals surface area contributed by atoms with E-state index in [4.69, 9.17) is 0 Å². The summed E-state index contributed by atoms with van der Waals surface area (Å²) in [6.45, 7) is 3.71. The largest absolute Gasteiger partial charge is 0.352 e. The Kier molecular flexibility index (Phi) is 10.2. The quantitative estimate of drug-likeness (QED) is 0.391. The molecule has 196 valence electrons. The SMILES string of the molecule is CC[C@H](C(=O)NC1CCCCC1)N(Cc1ccccc1C)C(=O)CN(c1ccc(I)cc1)S(C)(=O)=O. The molecule has 0 spiro atoms. The summed E-state index contributed by atoms with van der Waals surface area (Å²) in [5.41, 5.74) is 2.35. The van der Waals surface area contributed by atoms with Crippen LogP contribution in [0.3, 0.4) is 0 Å². The van der Waals surface area contributed by atoms with E-state index < -0.39 is 22.0 Å². The van der Waals surface area contributed by atoms with E-state index >= 15 is 0 Å². The van der Waals surface area contributed by atoms with Crippen LogP contribution in [0.2, 0.25) is 0 Å². The van der Waals surface area contributed by atoms with Gasteiger partial charge in [-0.05, 0) is 84.2 Å². The van der Waals surface area contributed by atoms with Gasteiger partial charge >= 0.3 is 0 Å². The highest BCUT2D eigenvalue weighted by Crippen LogP contribution is 2.22. The molecule has 1 saturated carbocycles. The zero-order valence-electron chi connectivity index (χ0n) is 21.2. The Balaban J connectivity index is 1.91. The number of nitrogens with one attached hydrogen (secondary N) is 1. The van der Waals surface area contributed by atoms with E-state index in [0.717, 1.165) is 50.9 Å². The molecule has 3 rings (SSSR count). The Morgan fingerprint density at radius 3 is 2.28 bits per heavy atom. The molecule has 36 heavy (non-hydrogen) atoms. The van der Waals surface area contributed by atoms with Crippen molar-refractivity contribution in [2.45, 2.75) is 71.0 Å². The van der Waals surface area contributed by atoms with Gasteiger partial charge in [-0.2, -0.15) is 0 Å². The first-order valence-corrected chi connectivity index (χ1v) is 15.4. The lowest BCUT2D eigenvalue weighted by Gasteiger charge is -2.34. The van der Waals surface area contributed by atoms with Crippen LogP contribution < -0.4 is 9.62 Å². The van der Waals surface area contributed by atoms with Crippen LogP contribution in [0.1, 0.15) is 56.6 Å². The lowest BCUT2D eigenvalue weighted by molar-refractivity contribution is -0.140. The van der Waals surface area contributed by atoms with Crippen LogP contribution in [-0.4, -0.2) is 50.0 Å². The van der Waals surface area contributed by atoms with E-state index in [2.05, 4.69) is 27.9 Å². The van der Waals surface area contributed by atoms with Gasteiger partial charge < -0.3 is 10.2 Å². The minimum atomic E-state index is -3.73. The summed E-state index contributed by atoms with van der Waals surface area (Å²) in [6.07, 6.45) is 6.78. The van der Waals surface area contributed by atoms with Crippen LogP contribution in [0.4, 0.5) is 5.69 Å². The number of hydrogen-bond acceptors (Lipinski definition) is 4. The summed E-state index contributed by atoms with van der Waals surface area (Å²) in [5.74, 6) is -0.584. The fourth-order valence-corrected chi connectivity index (χ4v) is 5.87. The van der Waals surface area contributed by atoms with Crippen molar-refractivity contribution in [2.24, 2.45) is 0 Å². The summed E-state index contributed by atoms with van der Waals surface area (Å²) < 4.78 is 27.5. The second kappa shape index (κ2) is 12.9. The fraction of sp³-hybridized carbons (Fsp3) is 0.481. The Morgan fingerprint density at radius 1 is 1.06 bits per heavy atom. The lowest BCUT2D eigenvalue weighted by Crippen LogP contribution is -2.54. The summed E-state index contributed by atoms with van der Waals surface area (Å²) in [4.78, 5) is 28.8. The van der Waals surface area contributed by atoms with Crippen molar-refractivity contribution in [1.29, 1.82) is 0 Å². The third-order valence-corrected chi connectivity index (χ3v) is 8.59. The van der Waals surface area contributed by atoms with E-state index in [-0.39, 0.29) is 25.0 Å². The third kappa shape index (κ3) is 7.68. The molecule has 0 unspecified atom stereocenters. The Hall–Kier alpha value is -2.14. The normalized spacial score (nSPS) is 15.2. The number of amides is 2. The van der Waals surface area contributed by atoms with Crippen LogP contribution in [0.5, 0.6) is 0 Å². The molecule has 0 radical (unpaired) electrons. The number of rotatable bonds is 10. The van der Waals surface area contributed by atoms with Gasteiger partial charge in [-0.15, -0.1) is 0 Å². The fourth-order valence-electron chi connectivity index (χ4n) is 4.66. The molecule has 1 atom stereocenters. The van der Waals surface area contributed by atoms with Crippen molar-refractivity contribution in [1.82, 2.24) is 10.2 Å². The highest BCUT2D eigenvalue weighted by molar-refractivity contribution is 14.1. The van der Waals surface area contributed by atoms with Crippen molar-refractivity contribution >= 4 is 50.1 Å². The van der Waals surface area contributed by atoms with Gasteiger partial charge in [0, 0.05) is 16.2 Å². The van der Waals surface area contributed by atoms with E-state index in [1.807, 2.05) is 38.1 Å². The Bertz CT molecular complexity index is 1150. The molecule has 2 amide bonds. The Labute approximate surface area is 228 Å². The number of carbonyl (C=O) groups is 2. The predicted molar refractivity (Wildman–Crippen MR) is 152 cm³/mol. The molecule has 1 aliphatic carbocycles. The average molecular weight is 626 g/mol. The third-order valence-electron chi connectivity index (χ3n) is 6.73. The minimum absolute atomic E-state index is 0.120. The maximum atomic E-state index is 13.8. The van der Waals surface area contributed by atoms with Crippen LogP contribution in [0, 0.1) is 10.5 Å². The number of carbonyl (C=O) groups excluding carboxylic acids is 2. The van der Waals surface area contributed by atoms with Gasteiger partial charge in [0.2, 0.25) is 21.8 Å². The summed E-state index contributed by atoms with van der Waals surface area (Å²) in [5, 5.41) is 3.16. The van der Waals surface area contributed by atoms with Gasteiger partial charge in [0.15, 0.2) is 0 Å². The standard InChI is InChI=1S/C27H36IN3O4S/c1-4-25(27(33)29-23-12-6-5-7-13-23)30(18-21-11-9-8-10-20(21)2)26(32)19-31(36(3,34)35)24-16-14-22(28)15-17-24/h8-11,14-17,23,25H,4-7,12-13,18-19H2,1-3H3,(H,29,33)/t25-/m1/s1. The number of benzene rings is 2. The molecule has 1 fully saturated rings. The van der Waals surface area contributed by atoms with Gasteiger partial charge in [0.05, 0.1) is 11.9 Å². The highest BCUT2D eigenvalue weighted by atomic mass is 127. The average Bonchev–Trinajstić information content (AvgIpc) is 2.84. The number of anilines is 1. The maximum Gasteiger partial charge on any atom is 0.244 e. The number of aryl methyl sites for hydroxylation is 1. The summed E-state index contributed by atoms with van der Waals surface area (Å²) >= 11 is 2.15. The number of nitrogens with zero attached hydrogens (tertiary/aromatic N) is 2. The Morgan fingerprint density at radius 2 is 1.69 bits per heavy atom. The monoisotopic (exact) mass is 625 g/mol. The molecule has 9 heteroatoms. The summed E-state index contributed by atoms with van der Waals surface area (Å²) in [6, 6.07) is 14.1. The van der Waals surface area contributed by atoms with E-state index in [9.17, 15) is 18.0 Å². The predicted octanol–water partition coefficient (Wildman–Crippen LogP) is 4.62. The van der Waals surface area contributed by atoms with E-state index in [1.54, 1.807) is 29.2 Å². The molecule has 7 nitrogen and oxygen atoms in total. The van der Waals surface area contributed by atoms with Crippen LogP contribution in [-0.2, 0) is 26.2 Å². The molecular weight excluding hydrogens is 589 g/mol. The molecule has 2 aromatic carbocycles. The molecule has 0 aromatic heterocycles. The van der Waals surface area contributed by atoms with Crippen molar-refractivity contribution < 1.29 is 18.0 Å². The van der Waals surface area contributed by atoms with Crippen molar-refractivity contribution in [3.05, 3.63) is 63.2 Å². The van der Waals surface area contributed by atoms with Gasteiger partial charge in [-0.1, -0.05) is 50.5 Å².